The summed E-state index contributed by atoms with van der Waals surface area (Å²) in [6.45, 7) is 2.33. The van der Waals surface area contributed by atoms with Gasteiger partial charge >= 0.3 is 0 Å². The molecule has 1 aliphatic heterocycles. The van der Waals surface area contributed by atoms with E-state index in [0.29, 0.717) is 42.2 Å². The summed E-state index contributed by atoms with van der Waals surface area (Å²) in [4.78, 5) is 30.3. The standard InChI is InChI=1S/C20H17N3O3/c1-13-6-4-7-14(12-13)18-21-17(26-22-18)10-5-11-23-19(24)15-8-2-3-9-16(15)20(23)25/h2-4,6-9,12H,5,10-11H2,1H3. The molecule has 0 saturated carbocycles. The quantitative estimate of drug-likeness (QED) is 0.662. The van der Waals surface area contributed by atoms with Crippen molar-refractivity contribution in [3.8, 4) is 11.4 Å². The topological polar surface area (TPSA) is 76.3 Å². The van der Waals surface area contributed by atoms with Gasteiger partial charge in [0.25, 0.3) is 11.8 Å². The fourth-order valence-corrected chi connectivity index (χ4v) is 3.09. The number of carbonyl (C=O) groups excluding carboxylic acids is 2. The molecule has 0 bridgehead atoms. The Hall–Kier alpha value is -3.28. The molecule has 0 unspecified atom stereocenters. The van der Waals surface area contributed by atoms with Gasteiger partial charge in [-0.05, 0) is 31.5 Å². The van der Waals surface area contributed by atoms with Crippen molar-refractivity contribution in [2.45, 2.75) is 19.8 Å². The molecule has 2 aromatic carbocycles. The molecule has 130 valence electrons. The van der Waals surface area contributed by atoms with E-state index in [1.165, 1.54) is 4.90 Å². The third kappa shape index (κ3) is 2.90. The summed E-state index contributed by atoms with van der Waals surface area (Å²) in [6, 6.07) is 14.8. The molecular formula is C20H17N3O3. The Labute approximate surface area is 150 Å². The van der Waals surface area contributed by atoms with Gasteiger partial charge in [-0.15, -0.1) is 0 Å². The molecular weight excluding hydrogens is 330 g/mol. The highest BCUT2D eigenvalue weighted by molar-refractivity contribution is 6.21. The summed E-state index contributed by atoms with van der Waals surface area (Å²) in [7, 11) is 0. The van der Waals surface area contributed by atoms with Crippen molar-refractivity contribution in [3.05, 3.63) is 71.1 Å². The Morgan fingerprint density at radius 1 is 1.00 bits per heavy atom. The van der Waals surface area contributed by atoms with Gasteiger partial charge in [-0.1, -0.05) is 41.1 Å². The maximum atomic E-state index is 12.3. The number of benzene rings is 2. The van der Waals surface area contributed by atoms with E-state index in [-0.39, 0.29) is 11.8 Å². The lowest BCUT2D eigenvalue weighted by Gasteiger charge is -2.12. The molecule has 6 nitrogen and oxygen atoms in total. The molecule has 0 radical (unpaired) electrons. The minimum atomic E-state index is -0.239. The van der Waals surface area contributed by atoms with E-state index in [0.717, 1.165) is 11.1 Å². The van der Waals surface area contributed by atoms with Gasteiger partial charge in [0.05, 0.1) is 11.1 Å². The van der Waals surface area contributed by atoms with Gasteiger partial charge in [-0.25, -0.2) is 0 Å². The number of rotatable bonds is 5. The number of hydrogen-bond donors (Lipinski definition) is 0. The van der Waals surface area contributed by atoms with Crippen molar-refractivity contribution in [2.75, 3.05) is 6.54 Å². The fraction of sp³-hybridized carbons (Fsp3) is 0.200. The molecule has 0 aliphatic carbocycles. The number of nitrogens with zero attached hydrogens (tertiary/aromatic N) is 3. The molecule has 0 fully saturated rings. The van der Waals surface area contributed by atoms with Gasteiger partial charge in [0, 0.05) is 18.5 Å². The van der Waals surface area contributed by atoms with Crippen molar-refractivity contribution < 1.29 is 14.1 Å². The van der Waals surface area contributed by atoms with Crippen molar-refractivity contribution in [3.63, 3.8) is 0 Å². The summed E-state index contributed by atoms with van der Waals surface area (Å²) in [5.74, 6) is 0.565. The Morgan fingerprint density at radius 2 is 1.73 bits per heavy atom. The minimum absolute atomic E-state index is 0.239. The van der Waals surface area contributed by atoms with Gasteiger partial charge in [0.1, 0.15) is 0 Å². The lowest BCUT2D eigenvalue weighted by molar-refractivity contribution is 0.0651. The molecule has 1 aromatic heterocycles. The molecule has 26 heavy (non-hydrogen) atoms. The third-order valence-electron chi connectivity index (χ3n) is 4.39. The zero-order valence-corrected chi connectivity index (χ0v) is 14.3. The highest BCUT2D eigenvalue weighted by Crippen LogP contribution is 2.23. The third-order valence-corrected chi connectivity index (χ3v) is 4.39. The second kappa shape index (κ2) is 6.55. The van der Waals surface area contributed by atoms with Gasteiger partial charge in [-0.2, -0.15) is 4.98 Å². The summed E-state index contributed by atoms with van der Waals surface area (Å²) in [6.07, 6.45) is 1.08. The van der Waals surface area contributed by atoms with E-state index in [4.69, 9.17) is 4.52 Å². The first-order chi connectivity index (χ1) is 12.6. The van der Waals surface area contributed by atoms with Gasteiger partial charge in [-0.3, -0.25) is 14.5 Å². The highest BCUT2D eigenvalue weighted by Gasteiger charge is 2.34. The van der Waals surface area contributed by atoms with Crippen LogP contribution in [0.5, 0.6) is 0 Å². The van der Waals surface area contributed by atoms with Crippen LogP contribution < -0.4 is 0 Å². The monoisotopic (exact) mass is 347 g/mol. The van der Waals surface area contributed by atoms with Gasteiger partial charge < -0.3 is 4.52 Å². The molecule has 0 atom stereocenters. The number of imide groups is 1. The van der Waals surface area contributed by atoms with Crippen molar-refractivity contribution in [1.82, 2.24) is 15.0 Å². The van der Waals surface area contributed by atoms with Crippen LogP contribution in [0.15, 0.2) is 53.1 Å². The lowest BCUT2D eigenvalue weighted by atomic mass is 10.1. The number of aryl methyl sites for hydroxylation is 2. The van der Waals surface area contributed by atoms with E-state index in [2.05, 4.69) is 10.1 Å². The zero-order valence-electron chi connectivity index (χ0n) is 14.3. The first-order valence-corrected chi connectivity index (χ1v) is 8.48. The van der Waals surface area contributed by atoms with E-state index < -0.39 is 0 Å². The minimum Gasteiger partial charge on any atom is -0.339 e. The molecule has 4 rings (SSSR count). The van der Waals surface area contributed by atoms with Crippen molar-refractivity contribution in [2.24, 2.45) is 0 Å². The zero-order chi connectivity index (χ0) is 18.1. The second-order valence-corrected chi connectivity index (χ2v) is 6.29. The van der Waals surface area contributed by atoms with E-state index in [9.17, 15) is 9.59 Å². The Balaban J connectivity index is 1.39. The van der Waals surface area contributed by atoms with Crippen LogP contribution in [0.3, 0.4) is 0 Å². The normalized spacial score (nSPS) is 13.3. The van der Waals surface area contributed by atoms with Crippen LogP contribution in [0.25, 0.3) is 11.4 Å². The average Bonchev–Trinajstić information content (AvgIpc) is 3.21. The Kier molecular flexibility index (Phi) is 4.08. The highest BCUT2D eigenvalue weighted by atomic mass is 16.5. The van der Waals surface area contributed by atoms with E-state index in [1.807, 2.05) is 31.2 Å². The van der Waals surface area contributed by atoms with Crippen molar-refractivity contribution >= 4 is 11.8 Å². The van der Waals surface area contributed by atoms with Crippen LogP contribution in [-0.4, -0.2) is 33.4 Å². The second-order valence-electron chi connectivity index (χ2n) is 6.29. The number of carbonyl (C=O) groups is 2. The molecule has 0 saturated heterocycles. The van der Waals surface area contributed by atoms with Crippen LogP contribution in [0.2, 0.25) is 0 Å². The first kappa shape index (κ1) is 16.2. The Morgan fingerprint density at radius 3 is 2.42 bits per heavy atom. The van der Waals surface area contributed by atoms with Crippen LogP contribution in [-0.2, 0) is 6.42 Å². The molecule has 2 amide bonds. The molecule has 0 N–H and O–H groups in total. The van der Waals surface area contributed by atoms with E-state index >= 15 is 0 Å². The molecule has 0 spiro atoms. The van der Waals surface area contributed by atoms with Crippen LogP contribution >= 0.6 is 0 Å². The first-order valence-electron chi connectivity index (χ1n) is 8.48. The summed E-state index contributed by atoms with van der Waals surface area (Å²) in [5, 5.41) is 4.01. The summed E-state index contributed by atoms with van der Waals surface area (Å²) >= 11 is 0. The predicted octanol–water partition coefficient (Wildman–Crippen LogP) is 3.27. The predicted molar refractivity (Wildman–Crippen MR) is 94.6 cm³/mol. The molecule has 3 aromatic rings. The van der Waals surface area contributed by atoms with Crippen LogP contribution in [0.4, 0.5) is 0 Å². The maximum absolute atomic E-state index is 12.3. The molecule has 2 heterocycles. The molecule has 1 aliphatic rings. The lowest BCUT2D eigenvalue weighted by Crippen LogP contribution is -2.30. The Bertz CT molecular complexity index is 958. The van der Waals surface area contributed by atoms with Crippen LogP contribution in [0.1, 0.15) is 38.6 Å². The fourth-order valence-electron chi connectivity index (χ4n) is 3.09. The number of amides is 2. The molecule has 6 heteroatoms. The van der Waals surface area contributed by atoms with Crippen molar-refractivity contribution in [1.29, 1.82) is 0 Å². The summed E-state index contributed by atoms with van der Waals surface area (Å²) < 4.78 is 5.29. The number of aromatic nitrogens is 2. The number of hydrogen-bond acceptors (Lipinski definition) is 5. The largest absolute Gasteiger partial charge is 0.339 e. The van der Waals surface area contributed by atoms with E-state index in [1.54, 1.807) is 24.3 Å². The SMILES string of the molecule is Cc1cccc(-c2noc(CCCN3C(=O)c4ccccc4C3=O)n2)c1. The maximum Gasteiger partial charge on any atom is 0.261 e. The smallest absolute Gasteiger partial charge is 0.261 e. The van der Waals surface area contributed by atoms with Gasteiger partial charge in [0.15, 0.2) is 0 Å². The van der Waals surface area contributed by atoms with Gasteiger partial charge in [0.2, 0.25) is 11.7 Å². The summed E-state index contributed by atoms with van der Waals surface area (Å²) in [5.41, 5.74) is 2.97. The average molecular weight is 347 g/mol. The number of fused-ring (bicyclic) bond motifs is 1. The van der Waals surface area contributed by atoms with Crippen LogP contribution in [0, 0.1) is 6.92 Å².